The Hall–Kier alpha value is -2.59. The van der Waals surface area contributed by atoms with Gasteiger partial charge in [0.05, 0.1) is 17.7 Å². The predicted molar refractivity (Wildman–Crippen MR) is 85.1 cm³/mol. The SMILES string of the molecule is COc1cccc(C=C2N=C(c3ccccc3Cl)OC2=O)c1. The summed E-state index contributed by atoms with van der Waals surface area (Å²) >= 11 is 6.09. The molecule has 0 saturated heterocycles. The van der Waals surface area contributed by atoms with Crippen molar-refractivity contribution in [2.45, 2.75) is 0 Å². The average Bonchev–Trinajstić information content (AvgIpc) is 2.89. The lowest BCUT2D eigenvalue weighted by atomic mass is 10.2. The topological polar surface area (TPSA) is 47.9 Å². The molecular formula is C17H12ClNO3. The van der Waals surface area contributed by atoms with E-state index in [1.807, 2.05) is 24.3 Å². The third-order valence-electron chi connectivity index (χ3n) is 3.12. The highest BCUT2D eigenvalue weighted by Gasteiger charge is 2.25. The van der Waals surface area contributed by atoms with Crippen molar-refractivity contribution in [3.63, 3.8) is 0 Å². The van der Waals surface area contributed by atoms with Crippen LogP contribution >= 0.6 is 11.6 Å². The number of esters is 1. The summed E-state index contributed by atoms with van der Waals surface area (Å²) in [6.07, 6.45) is 1.65. The Morgan fingerprint density at radius 3 is 2.77 bits per heavy atom. The molecule has 3 rings (SSSR count). The fraction of sp³-hybridized carbons (Fsp3) is 0.0588. The molecule has 2 aromatic carbocycles. The number of carbonyl (C=O) groups is 1. The molecule has 0 amide bonds. The van der Waals surface area contributed by atoms with Crippen molar-refractivity contribution in [2.24, 2.45) is 4.99 Å². The lowest BCUT2D eigenvalue weighted by molar-refractivity contribution is -0.129. The third kappa shape index (κ3) is 2.87. The van der Waals surface area contributed by atoms with Gasteiger partial charge in [0.2, 0.25) is 5.90 Å². The van der Waals surface area contributed by atoms with E-state index in [2.05, 4.69) is 4.99 Å². The molecule has 0 bridgehead atoms. The number of rotatable bonds is 3. The predicted octanol–water partition coefficient (Wildman–Crippen LogP) is 3.69. The number of hydrogen-bond donors (Lipinski definition) is 0. The summed E-state index contributed by atoms with van der Waals surface area (Å²) < 4.78 is 10.4. The minimum Gasteiger partial charge on any atom is -0.497 e. The maximum Gasteiger partial charge on any atom is 0.363 e. The molecule has 0 N–H and O–H groups in total. The first-order chi connectivity index (χ1) is 10.7. The van der Waals surface area contributed by atoms with Crippen molar-refractivity contribution in [1.29, 1.82) is 0 Å². The van der Waals surface area contributed by atoms with E-state index in [1.54, 1.807) is 37.5 Å². The van der Waals surface area contributed by atoms with Gasteiger partial charge >= 0.3 is 5.97 Å². The highest BCUT2D eigenvalue weighted by Crippen LogP contribution is 2.24. The molecular weight excluding hydrogens is 302 g/mol. The smallest absolute Gasteiger partial charge is 0.363 e. The van der Waals surface area contributed by atoms with Crippen molar-refractivity contribution < 1.29 is 14.3 Å². The molecule has 22 heavy (non-hydrogen) atoms. The zero-order chi connectivity index (χ0) is 15.5. The summed E-state index contributed by atoms with van der Waals surface area (Å²) in [5.41, 5.74) is 1.62. The van der Waals surface area contributed by atoms with E-state index >= 15 is 0 Å². The first-order valence-corrected chi connectivity index (χ1v) is 6.96. The lowest BCUT2D eigenvalue weighted by Crippen LogP contribution is -2.05. The normalized spacial score (nSPS) is 15.6. The highest BCUT2D eigenvalue weighted by molar-refractivity contribution is 6.34. The zero-order valence-electron chi connectivity index (χ0n) is 11.7. The molecule has 1 heterocycles. The number of methoxy groups -OCH3 is 1. The van der Waals surface area contributed by atoms with Crippen molar-refractivity contribution in [3.8, 4) is 5.75 Å². The third-order valence-corrected chi connectivity index (χ3v) is 3.45. The monoisotopic (exact) mass is 313 g/mol. The zero-order valence-corrected chi connectivity index (χ0v) is 12.5. The van der Waals surface area contributed by atoms with Crippen LogP contribution in [0.15, 0.2) is 59.2 Å². The Morgan fingerprint density at radius 1 is 1.18 bits per heavy atom. The van der Waals surface area contributed by atoms with E-state index in [0.717, 1.165) is 5.56 Å². The van der Waals surface area contributed by atoms with Gasteiger partial charge in [0.1, 0.15) is 5.75 Å². The van der Waals surface area contributed by atoms with Crippen LogP contribution in [-0.4, -0.2) is 19.0 Å². The van der Waals surface area contributed by atoms with Gasteiger partial charge in [-0.1, -0.05) is 35.9 Å². The quantitative estimate of drug-likeness (QED) is 0.641. The van der Waals surface area contributed by atoms with Gasteiger partial charge < -0.3 is 9.47 Å². The molecule has 0 unspecified atom stereocenters. The highest BCUT2D eigenvalue weighted by atomic mass is 35.5. The van der Waals surface area contributed by atoms with E-state index in [1.165, 1.54) is 0 Å². The van der Waals surface area contributed by atoms with Crippen LogP contribution in [0.2, 0.25) is 5.02 Å². The van der Waals surface area contributed by atoms with Crippen LogP contribution < -0.4 is 4.74 Å². The molecule has 1 aliphatic heterocycles. The summed E-state index contributed by atoms with van der Waals surface area (Å²) in [5.74, 6) is 0.415. The first kappa shape index (κ1) is 14.4. The summed E-state index contributed by atoms with van der Waals surface area (Å²) in [6, 6.07) is 14.4. The standard InChI is InChI=1S/C17H12ClNO3/c1-21-12-6-4-5-11(9-12)10-15-17(20)22-16(19-15)13-7-2-3-8-14(13)18/h2-10H,1H3. The van der Waals surface area contributed by atoms with Crippen molar-refractivity contribution >= 4 is 29.5 Å². The van der Waals surface area contributed by atoms with Gasteiger partial charge in [-0.3, -0.25) is 0 Å². The van der Waals surface area contributed by atoms with Crippen LogP contribution in [0.3, 0.4) is 0 Å². The molecule has 0 fully saturated rings. The van der Waals surface area contributed by atoms with Gasteiger partial charge in [0.15, 0.2) is 5.70 Å². The number of carbonyl (C=O) groups excluding carboxylic acids is 1. The second-order valence-corrected chi connectivity index (χ2v) is 5.00. The Labute approximate surface area is 132 Å². The number of cyclic esters (lactones) is 1. The van der Waals surface area contributed by atoms with Gasteiger partial charge in [-0.2, -0.15) is 0 Å². The fourth-order valence-electron chi connectivity index (χ4n) is 2.05. The summed E-state index contributed by atoms with van der Waals surface area (Å²) in [4.78, 5) is 16.2. The van der Waals surface area contributed by atoms with Gasteiger partial charge in [0, 0.05) is 0 Å². The van der Waals surface area contributed by atoms with E-state index < -0.39 is 5.97 Å². The second-order valence-electron chi connectivity index (χ2n) is 4.59. The largest absolute Gasteiger partial charge is 0.497 e. The molecule has 110 valence electrons. The Kier molecular flexibility index (Phi) is 3.94. The Bertz CT molecular complexity index is 796. The Balaban J connectivity index is 1.96. The van der Waals surface area contributed by atoms with Gasteiger partial charge in [0.25, 0.3) is 0 Å². The van der Waals surface area contributed by atoms with Crippen LogP contribution in [0.5, 0.6) is 5.75 Å². The average molecular weight is 314 g/mol. The molecule has 0 spiro atoms. The summed E-state index contributed by atoms with van der Waals surface area (Å²) in [5, 5.41) is 0.483. The fourth-order valence-corrected chi connectivity index (χ4v) is 2.26. The van der Waals surface area contributed by atoms with E-state index in [0.29, 0.717) is 16.3 Å². The molecule has 0 saturated carbocycles. The van der Waals surface area contributed by atoms with Crippen LogP contribution in [0.1, 0.15) is 11.1 Å². The molecule has 5 heteroatoms. The van der Waals surface area contributed by atoms with E-state index in [-0.39, 0.29) is 11.6 Å². The lowest BCUT2D eigenvalue weighted by Gasteiger charge is -2.00. The maximum absolute atomic E-state index is 11.9. The van der Waals surface area contributed by atoms with Gasteiger partial charge in [-0.15, -0.1) is 0 Å². The second kappa shape index (κ2) is 6.03. The number of nitrogens with zero attached hydrogens (tertiary/aromatic N) is 1. The van der Waals surface area contributed by atoms with Crippen LogP contribution in [0.4, 0.5) is 0 Å². The number of ether oxygens (including phenoxy) is 2. The maximum atomic E-state index is 11.9. The molecule has 0 aliphatic carbocycles. The van der Waals surface area contributed by atoms with Crippen LogP contribution in [-0.2, 0) is 9.53 Å². The van der Waals surface area contributed by atoms with Crippen molar-refractivity contribution in [1.82, 2.24) is 0 Å². The summed E-state index contributed by atoms with van der Waals surface area (Å²) in [7, 11) is 1.59. The number of halogens is 1. The van der Waals surface area contributed by atoms with Crippen LogP contribution in [0.25, 0.3) is 6.08 Å². The minimum atomic E-state index is -0.502. The number of aliphatic imine (C=N–C) groups is 1. The number of hydrogen-bond acceptors (Lipinski definition) is 4. The molecule has 2 aromatic rings. The van der Waals surface area contributed by atoms with Crippen molar-refractivity contribution in [3.05, 3.63) is 70.4 Å². The van der Waals surface area contributed by atoms with Crippen molar-refractivity contribution in [2.75, 3.05) is 7.11 Å². The molecule has 4 nitrogen and oxygen atoms in total. The molecule has 0 radical (unpaired) electrons. The summed E-state index contributed by atoms with van der Waals surface area (Å²) in [6.45, 7) is 0. The molecule has 0 atom stereocenters. The molecule has 1 aliphatic rings. The molecule has 0 aromatic heterocycles. The van der Waals surface area contributed by atoms with Crippen LogP contribution in [0, 0.1) is 0 Å². The van der Waals surface area contributed by atoms with E-state index in [4.69, 9.17) is 21.1 Å². The first-order valence-electron chi connectivity index (χ1n) is 6.59. The van der Waals surface area contributed by atoms with Gasteiger partial charge in [-0.25, -0.2) is 9.79 Å². The van der Waals surface area contributed by atoms with Gasteiger partial charge in [-0.05, 0) is 35.9 Å². The van der Waals surface area contributed by atoms with E-state index in [9.17, 15) is 4.79 Å². The minimum absolute atomic E-state index is 0.213. The number of benzene rings is 2. The Morgan fingerprint density at radius 2 is 2.00 bits per heavy atom.